The van der Waals surface area contributed by atoms with E-state index in [1.54, 1.807) is 12.1 Å². The fourth-order valence-electron chi connectivity index (χ4n) is 2.33. The summed E-state index contributed by atoms with van der Waals surface area (Å²) >= 11 is 6.07. The van der Waals surface area contributed by atoms with Gasteiger partial charge in [-0.25, -0.2) is 0 Å². The largest absolute Gasteiger partial charge is 0.454 e. The molecule has 2 heterocycles. The lowest BCUT2D eigenvalue weighted by atomic mass is 10.1. The first-order valence-electron chi connectivity index (χ1n) is 6.35. The average Bonchev–Trinajstić information content (AvgIpc) is 2.88. The Hall–Kier alpha value is -1.46. The maximum Gasteiger partial charge on any atom is 0.251 e. The monoisotopic (exact) mass is 282 g/mol. The SMILES string of the molecule is O=C(NC1CCNCC1)c1cc(Cl)c2c(c1)OCO2. The Labute approximate surface area is 116 Å². The number of piperidine rings is 1. The highest BCUT2D eigenvalue weighted by molar-refractivity contribution is 6.32. The zero-order valence-corrected chi connectivity index (χ0v) is 11.1. The van der Waals surface area contributed by atoms with Crippen molar-refractivity contribution in [3.8, 4) is 11.5 Å². The summed E-state index contributed by atoms with van der Waals surface area (Å²) in [7, 11) is 0. The molecule has 0 aromatic heterocycles. The highest BCUT2D eigenvalue weighted by atomic mass is 35.5. The van der Waals surface area contributed by atoms with E-state index in [4.69, 9.17) is 21.1 Å². The van der Waals surface area contributed by atoms with Crippen molar-refractivity contribution in [3.05, 3.63) is 22.7 Å². The van der Waals surface area contributed by atoms with Crippen LogP contribution in [0.4, 0.5) is 0 Å². The molecule has 2 aliphatic rings. The number of nitrogens with one attached hydrogen (secondary N) is 2. The van der Waals surface area contributed by atoms with Gasteiger partial charge in [0.2, 0.25) is 6.79 Å². The predicted molar refractivity (Wildman–Crippen MR) is 70.9 cm³/mol. The van der Waals surface area contributed by atoms with Crippen LogP contribution in [-0.2, 0) is 0 Å². The second kappa shape index (κ2) is 5.27. The molecule has 1 aromatic carbocycles. The van der Waals surface area contributed by atoms with Crippen molar-refractivity contribution < 1.29 is 14.3 Å². The van der Waals surface area contributed by atoms with Crippen LogP contribution in [0, 0.1) is 0 Å². The van der Waals surface area contributed by atoms with Crippen molar-refractivity contribution >= 4 is 17.5 Å². The number of carbonyl (C=O) groups excluding carboxylic acids is 1. The van der Waals surface area contributed by atoms with Gasteiger partial charge in [-0.05, 0) is 38.1 Å². The smallest absolute Gasteiger partial charge is 0.251 e. The van der Waals surface area contributed by atoms with Gasteiger partial charge in [0.05, 0.1) is 5.02 Å². The minimum absolute atomic E-state index is 0.118. The number of benzene rings is 1. The summed E-state index contributed by atoms with van der Waals surface area (Å²) in [5, 5.41) is 6.69. The highest BCUT2D eigenvalue weighted by Crippen LogP contribution is 2.39. The van der Waals surface area contributed by atoms with Crippen molar-refractivity contribution in [2.24, 2.45) is 0 Å². The topological polar surface area (TPSA) is 59.6 Å². The Morgan fingerprint density at radius 3 is 2.89 bits per heavy atom. The van der Waals surface area contributed by atoms with Gasteiger partial charge in [-0.1, -0.05) is 11.6 Å². The van der Waals surface area contributed by atoms with Crippen molar-refractivity contribution in [3.63, 3.8) is 0 Å². The predicted octanol–water partition coefficient (Wildman–Crippen LogP) is 1.55. The maximum absolute atomic E-state index is 12.2. The third-order valence-electron chi connectivity index (χ3n) is 3.36. The number of amides is 1. The summed E-state index contributed by atoms with van der Waals surface area (Å²) in [4.78, 5) is 12.2. The van der Waals surface area contributed by atoms with Crippen LogP contribution < -0.4 is 20.1 Å². The molecule has 2 aliphatic heterocycles. The second-order valence-corrected chi connectivity index (χ2v) is 5.10. The molecule has 19 heavy (non-hydrogen) atoms. The molecule has 0 saturated carbocycles. The molecule has 102 valence electrons. The Balaban J connectivity index is 1.74. The first-order chi connectivity index (χ1) is 9.24. The Morgan fingerprint density at radius 2 is 2.11 bits per heavy atom. The van der Waals surface area contributed by atoms with Gasteiger partial charge in [-0.2, -0.15) is 0 Å². The van der Waals surface area contributed by atoms with Gasteiger partial charge >= 0.3 is 0 Å². The summed E-state index contributed by atoms with van der Waals surface area (Å²) in [5.41, 5.74) is 0.507. The molecule has 0 atom stereocenters. The molecule has 6 heteroatoms. The lowest BCUT2D eigenvalue weighted by molar-refractivity contribution is 0.0929. The van der Waals surface area contributed by atoms with Crippen LogP contribution in [0.5, 0.6) is 11.5 Å². The molecule has 1 amide bonds. The molecule has 0 unspecified atom stereocenters. The molecule has 0 radical (unpaired) electrons. The Bertz CT molecular complexity index is 501. The number of rotatable bonds is 2. The molecule has 0 bridgehead atoms. The van der Waals surface area contributed by atoms with E-state index in [1.807, 2.05) is 0 Å². The molecular weight excluding hydrogens is 268 g/mol. The van der Waals surface area contributed by atoms with E-state index in [-0.39, 0.29) is 18.7 Å². The van der Waals surface area contributed by atoms with Crippen molar-refractivity contribution in [1.82, 2.24) is 10.6 Å². The number of hydrogen-bond acceptors (Lipinski definition) is 4. The lowest BCUT2D eigenvalue weighted by Gasteiger charge is -2.23. The van der Waals surface area contributed by atoms with Gasteiger partial charge in [0.25, 0.3) is 5.91 Å². The fourth-order valence-corrected chi connectivity index (χ4v) is 2.60. The third kappa shape index (κ3) is 2.62. The van der Waals surface area contributed by atoms with Gasteiger partial charge in [-0.15, -0.1) is 0 Å². The minimum atomic E-state index is -0.118. The zero-order valence-electron chi connectivity index (χ0n) is 10.4. The Kier molecular flexibility index (Phi) is 3.48. The normalized spacial score (nSPS) is 18.4. The van der Waals surface area contributed by atoms with Crippen molar-refractivity contribution in [2.75, 3.05) is 19.9 Å². The van der Waals surface area contributed by atoms with Crippen molar-refractivity contribution in [2.45, 2.75) is 18.9 Å². The van der Waals surface area contributed by atoms with Crippen LogP contribution in [0.2, 0.25) is 5.02 Å². The number of halogens is 1. The molecule has 2 N–H and O–H groups in total. The van der Waals surface area contributed by atoms with E-state index in [2.05, 4.69) is 10.6 Å². The van der Waals surface area contributed by atoms with E-state index in [0.29, 0.717) is 22.1 Å². The minimum Gasteiger partial charge on any atom is -0.454 e. The van der Waals surface area contributed by atoms with Crippen LogP contribution in [0.1, 0.15) is 23.2 Å². The molecule has 1 saturated heterocycles. The maximum atomic E-state index is 12.2. The van der Waals surface area contributed by atoms with Crippen LogP contribution in [0.25, 0.3) is 0 Å². The quantitative estimate of drug-likeness (QED) is 0.864. The first kappa shape index (κ1) is 12.6. The number of carbonyl (C=O) groups is 1. The van der Waals surface area contributed by atoms with E-state index in [0.717, 1.165) is 25.9 Å². The summed E-state index contributed by atoms with van der Waals surface area (Å²) in [6.45, 7) is 2.02. The highest BCUT2D eigenvalue weighted by Gasteiger charge is 2.22. The molecule has 0 spiro atoms. The number of hydrogen-bond donors (Lipinski definition) is 2. The van der Waals surface area contributed by atoms with Gasteiger partial charge in [0, 0.05) is 11.6 Å². The second-order valence-electron chi connectivity index (χ2n) is 4.69. The molecule has 1 aromatic rings. The van der Waals surface area contributed by atoms with Crippen LogP contribution in [0.3, 0.4) is 0 Å². The van der Waals surface area contributed by atoms with Crippen molar-refractivity contribution in [1.29, 1.82) is 0 Å². The average molecular weight is 283 g/mol. The summed E-state index contributed by atoms with van der Waals surface area (Å²) in [6, 6.07) is 3.51. The Morgan fingerprint density at radius 1 is 1.32 bits per heavy atom. The van der Waals surface area contributed by atoms with Gasteiger partial charge in [0.1, 0.15) is 0 Å². The van der Waals surface area contributed by atoms with E-state index >= 15 is 0 Å². The number of fused-ring (bicyclic) bond motifs is 1. The summed E-state index contributed by atoms with van der Waals surface area (Å²) in [6.07, 6.45) is 1.90. The summed E-state index contributed by atoms with van der Waals surface area (Å²) in [5.74, 6) is 0.926. The van der Waals surface area contributed by atoms with E-state index in [1.165, 1.54) is 0 Å². The number of ether oxygens (including phenoxy) is 2. The molecule has 3 rings (SSSR count). The molecule has 1 fully saturated rings. The van der Waals surface area contributed by atoms with E-state index in [9.17, 15) is 4.79 Å². The van der Waals surface area contributed by atoms with Crippen LogP contribution >= 0.6 is 11.6 Å². The fraction of sp³-hybridized carbons (Fsp3) is 0.462. The van der Waals surface area contributed by atoms with Crippen LogP contribution in [-0.4, -0.2) is 31.8 Å². The lowest BCUT2D eigenvalue weighted by Crippen LogP contribution is -2.42. The van der Waals surface area contributed by atoms with E-state index < -0.39 is 0 Å². The van der Waals surface area contributed by atoms with Gasteiger partial charge in [0.15, 0.2) is 11.5 Å². The van der Waals surface area contributed by atoms with Gasteiger partial charge < -0.3 is 20.1 Å². The van der Waals surface area contributed by atoms with Crippen LogP contribution in [0.15, 0.2) is 12.1 Å². The van der Waals surface area contributed by atoms with Gasteiger partial charge in [-0.3, -0.25) is 4.79 Å². The standard InChI is InChI=1S/C13H15ClN2O3/c14-10-5-8(6-11-12(10)19-7-18-11)13(17)16-9-1-3-15-4-2-9/h5-6,9,15H,1-4,7H2,(H,16,17). The first-order valence-corrected chi connectivity index (χ1v) is 6.72. The zero-order chi connectivity index (χ0) is 13.2. The molecular formula is C13H15ClN2O3. The molecule has 0 aliphatic carbocycles. The summed E-state index contributed by atoms with van der Waals surface area (Å²) < 4.78 is 10.5. The third-order valence-corrected chi connectivity index (χ3v) is 3.64. The molecule has 5 nitrogen and oxygen atoms in total.